The summed E-state index contributed by atoms with van der Waals surface area (Å²) in [5, 5.41) is 5.48. The average Bonchev–Trinajstić information content (AvgIpc) is 2.89. The number of rotatable bonds is 12. The molecule has 0 unspecified atom stereocenters. The molecule has 188 valence electrons. The van der Waals surface area contributed by atoms with Gasteiger partial charge in [-0.1, -0.05) is 105 Å². The second-order valence-electron chi connectivity index (χ2n) is 9.12. The Bertz CT molecular complexity index is 1060. The van der Waals surface area contributed by atoms with E-state index in [0.717, 1.165) is 16.7 Å². The lowest BCUT2D eigenvalue weighted by Crippen LogP contribution is -2.47. The number of ether oxygens (including phenoxy) is 1. The highest BCUT2D eigenvalue weighted by Gasteiger charge is 2.26. The van der Waals surface area contributed by atoms with Crippen molar-refractivity contribution in [2.24, 2.45) is 5.92 Å². The van der Waals surface area contributed by atoms with E-state index in [2.05, 4.69) is 10.6 Å². The lowest BCUT2D eigenvalue weighted by molar-refractivity contribution is -0.148. The zero-order valence-corrected chi connectivity index (χ0v) is 20.9. The predicted molar refractivity (Wildman–Crippen MR) is 140 cm³/mol. The van der Waals surface area contributed by atoms with Crippen LogP contribution in [0.1, 0.15) is 42.9 Å². The Balaban J connectivity index is 1.57. The number of amides is 2. The van der Waals surface area contributed by atoms with E-state index < -0.39 is 23.8 Å². The van der Waals surface area contributed by atoms with Crippen molar-refractivity contribution in [2.45, 2.75) is 38.6 Å². The zero-order valence-electron chi connectivity index (χ0n) is 20.9. The SMILES string of the molecule is CC(C)C[C@H](NC(=O)CNC(=O)C(c1ccccc1)c1ccccc1)C(=O)OCCc1ccccc1. The molecule has 0 radical (unpaired) electrons. The summed E-state index contributed by atoms with van der Waals surface area (Å²) in [5.41, 5.74) is 2.74. The monoisotopic (exact) mass is 486 g/mol. The van der Waals surface area contributed by atoms with Crippen molar-refractivity contribution in [3.05, 3.63) is 108 Å². The number of esters is 1. The van der Waals surface area contributed by atoms with Crippen LogP contribution in [0.25, 0.3) is 0 Å². The third-order valence-corrected chi connectivity index (χ3v) is 5.76. The highest BCUT2D eigenvalue weighted by Crippen LogP contribution is 2.24. The van der Waals surface area contributed by atoms with Gasteiger partial charge in [0, 0.05) is 6.42 Å². The third-order valence-electron chi connectivity index (χ3n) is 5.76. The molecule has 0 aromatic heterocycles. The predicted octanol–water partition coefficient (Wildman–Crippen LogP) is 4.25. The van der Waals surface area contributed by atoms with Crippen LogP contribution in [0.5, 0.6) is 0 Å². The Morgan fingerprint density at radius 3 is 1.83 bits per heavy atom. The van der Waals surface area contributed by atoms with Crippen LogP contribution in [-0.4, -0.2) is 37.0 Å². The molecular formula is C30H34N2O4. The minimum Gasteiger partial charge on any atom is -0.464 e. The van der Waals surface area contributed by atoms with Gasteiger partial charge in [-0.2, -0.15) is 0 Å². The van der Waals surface area contributed by atoms with Crippen LogP contribution in [0.2, 0.25) is 0 Å². The largest absolute Gasteiger partial charge is 0.464 e. The molecule has 0 bridgehead atoms. The maximum Gasteiger partial charge on any atom is 0.328 e. The normalized spacial score (nSPS) is 11.7. The van der Waals surface area contributed by atoms with Gasteiger partial charge >= 0.3 is 5.97 Å². The summed E-state index contributed by atoms with van der Waals surface area (Å²) in [6.45, 7) is 3.95. The molecule has 3 rings (SSSR count). The van der Waals surface area contributed by atoms with E-state index in [1.54, 1.807) is 0 Å². The molecule has 1 atom stereocenters. The summed E-state index contributed by atoms with van der Waals surface area (Å²) < 4.78 is 5.45. The van der Waals surface area contributed by atoms with Crippen LogP contribution in [0.3, 0.4) is 0 Å². The summed E-state index contributed by atoms with van der Waals surface area (Å²) >= 11 is 0. The maximum atomic E-state index is 13.1. The van der Waals surface area contributed by atoms with E-state index >= 15 is 0 Å². The zero-order chi connectivity index (χ0) is 25.8. The van der Waals surface area contributed by atoms with Crippen LogP contribution in [-0.2, 0) is 25.5 Å². The Labute approximate surface area is 213 Å². The standard InChI is InChI=1S/C30H34N2O4/c1-22(2)20-26(30(35)36-19-18-23-12-6-3-7-13-23)32-27(33)21-31-29(34)28(24-14-8-4-9-15-24)25-16-10-5-11-17-25/h3-17,22,26,28H,18-21H2,1-2H3,(H,31,34)(H,32,33)/t26-/m0/s1. The average molecular weight is 487 g/mol. The fourth-order valence-electron chi connectivity index (χ4n) is 4.00. The van der Waals surface area contributed by atoms with Gasteiger partial charge in [-0.05, 0) is 29.0 Å². The van der Waals surface area contributed by atoms with Crippen molar-refractivity contribution >= 4 is 17.8 Å². The fraction of sp³-hybridized carbons (Fsp3) is 0.300. The molecule has 6 heteroatoms. The number of hydrogen-bond donors (Lipinski definition) is 2. The topological polar surface area (TPSA) is 84.5 Å². The highest BCUT2D eigenvalue weighted by molar-refractivity contribution is 5.92. The number of carbonyl (C=O) groups excluding carboxylic acids is 3. The van der Waals surface area contributed by atoms with Gasteiger partial charge in [-0.15, -0.1) is 0 Å². The second-order valence-corrected chi connectivity index (χ2v) is 9.12. The summed E-state index contributed by atoms with van der Waals surface area (Å²) in [4.78, 5) is 38.5. The first-order valence-corrected chi connectivity index (χ1v) is 12.3. The van der Waals surface area contributed by atoms with E-state index in [1.807, 2.05) is 105 Å². The molecule has 0 spiro atoms. The van der Waals surface area contributed by atoms with Gasteiger partial charge in [0.2, 0.25) is 11.8 Å². The molecule has 36 heavy (non-hydrogen) atoms. The minimum absolute atomic E-state index is 0.173. The quantitative estimate of drug-likeness (QED) is 0.375. The van der Waals surface area contributed by atoms with Crippen LogP contribution < -0.4 is 10.6 Å². The Hall–Kier alpha value is -3.93. The molecule has 2 N–H and O–H groups in total. The van der Waals surface area contributed by atoms with Gasteiger partial charge in [0.1, 0.15) is 6.04 Å². The lowest BCUT2D eigenvalue weighted by Gasteiger charge is -2.21. The van der Waals surface area contributed by atoms with E-state index in [4.69, 9.17) is 4.74 Å². The highest BCUT2D eigenvalue weighted by atomic mass is 16.5. The Morgan fingerprint density at radius 2 is 1.31 bits per heavy atom. The third kappa shape index (κ3) is 8.38. The lowest BCUT2D eigenvalue weighted by atomic mass is 9.90. The first-order chi connectivity index (χ1) is 17.4. The molecule has 0 aliphatic carbocycles. The van der Waals surface area contributed by atoms with E-state index in [0.29, 0.717) is 12.8 Å². The molecule has 0 saturated heterocycles. The Morgan fingerprint density at radius 1 is 0.778 bits per heavy atom. The van der Waals surface area contributed by atoms with Gasteiger partial charge in [-0.25, -0.2) is 4.79 Å². The summed E-state index contributed by atoms with van der Waals surface area (Å²) in [6.07, 6.45) is 1.05. The molecular weight excluding hydrogens is 452 g/mol. The maximum absolute atomic E-state index is 13.1. The molecule has 0 fully saturated rings. The molecule has 0 saturated carbocycles. The van der Waals surface area contributed by atoms with Gasteiger partial charge in [0.05, 0.1) is 19.1 Å². The fourth-order valence-corrected chi connectivity index (χ4v) is 4.00. The molecule has 0 aliphatic rings. The summed E-state index contributed by atoms with van der Waals surface area (Å²) in [7, 11) is 0. The summed E-state index contributed by atoms with van der Waals surface area (Å²) in [5.74, 6) is -1.56. The van der Waals surface area contributed by atoms with Crippen LogP contribution in [0.15, 0.2) is 91.0 Å². The molecule has 3 aromatic rings. The van der Waals surface area contributed by atoms with Crippen molar-refractivity contribution < 1.29 is 19.1 Å². The number of carbonyl (C=O) groups is 3. The first kappa shape index (κ1) is 26.7. The van der Waals surface area contributed by atoms with Crippen molar-refractivity contribution in [2.75, 3.05) is 13.2 Å². The second kappa shape index (κ2) is 13.8. The molecule has 0 heterocycles. The smallest absolute Gasteiger partial charge is 0.328 e. The number of nitrogens with one attached hydrogen (secondary N) is 2. The Kier molecular flexibility index (Phi) is 10.2. The van der Waals surface area contributed by atoms with Gasteiger partial charge in [-0.3, -0.25) is 9.59 Å². The molecule has 3 aromatic carbocycles. The number of benzene rings is 3. The van der Waals surface area contributed by atoms with E-state index in [-0.39, 0.29) is 25.0 Å². The van der Waals surface area contributed by atoms with Crippen LogP contribution in [0, 0.1) is 5.92 Å². The van der Waals surface area contributed by atoms with Crippen molar-refractivity contribution in [1.29, 1.82) is 0 Å². The van der Waals surface area contributed by atoms with E-state index in [1.165, 1.54) is 0 Å². The van der Waals surface area contributed by atoms with E-state index in [9.17, 15) is 14.4 Å². The van der Waals surface area contributed by atoms with Gasteiger partial charge in [0.15, 0.2) is 0 Å². The molecule has 0 aliphatic heterocycles. The summed E-state index contributed by atoms with van der Waals surface area (Å²) in [6, 6.07) is 27.9. The van der Waals surface area contributed by atoms with Crippen LogP contribution in [0.4, 0.5) is 0 Å². The van der Waals surface area contributed by atoms with Crippen molar-refractivity contribution in [1.82, 2.24) is 10.6 Å². The molecule has 6 nitrogen and oxygen atoms in total. The van der Waals surface area contributed by atoms with Gasteiger partial charge < -0.3 is 15.4 Å². The van der Waals surface area contributed by atoms with Crippen molar-refractivity contribution in [3.8, 4) is 0 Å². The molecule has 2 amide bonds. The van der Waals surface area contributed by atoms with Gasteiger partial charge in [0.25, 0.3) is 0 Å². The minimum atomic E-state index is -0.774. The van der Waals surface area contributed by atoms with Crippen LogP contribution >= 0.6 is 0 Å². The first-order valence-electron chi connectivity index (χ1n) is 12.3. The van der Waals surface area contributed by atoms with Crippen molar-refractivity contribution in [3.63, 3.8) is 0 Å². The number of hydrogen-bond acceptors (Lipinski definition) is 4.